The highest BCUT2D eigenvalue weighted by molar-refractivity contribution is 7.13. The van der Waals surface area contributed by atoms with E-state index < -0.39 is 0 Å². The lowest BCUT2D eigenvalue weighted by Gasteiger charge is -1.97. The molecule has 5 nitrogen and oxygen atoms in total. The van der Waals surface area contributed by atoms with Gasteiger partial charge in [-0.15, -0.1) is 11.3 Å². The highest BCUT2D eigenvalue weighted by Gasteiger charge is 2.08. The molecule has 102 valence electrons. The van der Waals surface area contributed by atoms with Gasteiger partial charge in [0.05, 0.1) is 13.5 Å². The van der Waals surface area contributed by atoms with Gasteiger partial charge in [-0.25, -0.2) is 4.98 Å². The highest BCUT2D eigenvalue weighted by Crippen LogP contribution is 2.18. The zero-order chi connectivity index (χ0) is 12.8. The number of methoxy groups -OCH3 is 1. The predicted octanol–water partition coefficient (Wildman–Crippen LogP) is -1.55. The second-order valence-corrected chi connectivity index (χ2v) is 4.59. The molecule has 0 N–H and O–H groups in total. The van der Waals surface area contributed by atoms with E-state index in [0.29, 0.717) is 13.0 Å². The van der Waals surface area contributed by atoms with Gasteiger partial charge in [0.25, 0.3) is 0 Å². The number of nitrogens with zero attached hydrogens (tertiary/aromatic N) is 3. The molecular weight excluding hydrogens is 330 g/mol. The first-order chi connectivity index (χ1) is 8.79. The summed E-state index contributed by atoms with van der Waals surface area (Å²) in [6.45, 7) is 0.702. The fourth-order valence-electron chi connectivity index (χ4n) is 1.50. The Kier molecular flexibility index (Phi) is 6.58. The van der Waals surface area contributed by atoms with Crippen LogP contribution in [0.4, 0.5) is 0 Å². The van der Waals surface area contributed by atoms with Crippen LogP contribution in [-0.4, -0.2) is 23.2 Å². The molecule has 0 aliphatic carbocycles. The summed E-state index contributed by atoms with van der Waals surface area (Å²) in [7, 11) is 1.40. The van der Waals surface area contributed by atoms with Crippen molar-refractivity contribution in [3.63, 3.8) is 0 Å². The molecule has 0 bridgehead atoms. The van der Waals surface area contributed by atoms with E-state index in [1.54, 1.807) is 28.4 Å². The summed E-state index contributed by atoms with van der Waals surface area (Å²) in [6.07, 6.45) is 6.60. The first kappa shape index (κ1) is 15.7. The van der Waals surface area contributed by atoms with Gasteiger partial charge in [-0.2, -0.15) is 0 Å². The lowest BCUT2D eigenvalue weighted by Crippen LogP contribution is -3.00. The van der Waals surface area contributed by atoms with Crippen molar-refractivity contribution < 1.29 is 31.2 Å². The lowest BCUT2D eigenvalue weighted by molar-refractivity contribution is -0.754. The van der Waals surface area contributed by atoms with Crippen LogP contribution in [0.2, 0.25) is 0 Å². The Balaban J connectivity index is 0.00000180. The van der Waals surface area contributed by atoms with Crippen molar-refractivity contribution in [1.29, 1.82) is 0 Å². The molecule has 0 unspecified atom stereocenters. The summed E-state index contributed by atoms with van der Waals surface area (Å²) in [5.74, 6) is -0.185. The average Bonchev–Trinajstić information content (AvgIpc) is 2.93. The molecule has 2 aromatic heterocycles. The highest BCUT2D eigenvalue weighted by atomic mass is 79.9. The minimum Gasteiger partial charge on any atom is -1.00 e. The van der Waals surface area contributed by atoms with E-state index in [4.69, 9.17) is 0 Å². The molecule has 0 atom stereocenters. The number of thiazole rings is 1. The first-order valence-electron chi connectivity index (χ1n) is 5.62. The Morgan fingerprint density at radius 1 is 1.53 bits per heavy atom. The average molecular weight is 344 g/mol. The fraction of sp³-hybridized carbons (Fsp3) is 0.333. The fourth-order valence-corrected chi connectivity index (χ4v) is 2.13. The van der Waals surface area contributed by atoms with Crippen molar-refractivity contribution >= 4 is 17.3 Å². The van der Waals surface area contributed by atoms with Gasteiger partial charge >= 0.3 is 5.97 Å². The van der Waals surface area contributed by atoms with Crippen molar-refractivity contribution in [2.45, 2.75) is 19.4 Å². The van der Waals surface area contributed by atoms with Crippen LogP contribution in [0.1, 0.15) is 12.8 Å². The van der Waals surface area contributed by atoms with E-state index in [2.05, 4.69) is 14.8 Å². The Hall–Kier alpha value is -1.34. The Morgan fingerprint density at radius 3 is 2.95 bits per heavy atom. The maximum atomic E-state index is 11.0. The molecule has 0 saturated heterocycles. The maximum absolute atomic E-state index is 11.0. The number of carbonyl (C=O) groups excluding carboxylic acids is 1. The van der Waals surface area contributed by atoms with Crippen molar-refractivity contribution in [1.82, 2.24) is 10.1 Å². The summed E-state index contributed by atoms with van der Waals surface area (Å²) in [5.41, 5.74) is 1.01. The van der Waals surface area contributed by atoms with Crippen LogP contribution in [0.15, 0.2) is 30.0 Å². The van der Waals surface area contributed by atoms with Gasteiger partial charge in [0.1, 0.15) is 11.2 Å². The third-order valence-electron chi connectivity index (χ3n) is 2.45. The third-order valence-corrected chi connectivity index (χ3v) is 3.27. The molecule has 0 amide bonds. The topological polar surface area (TPSA) is 56.0 Å². The number of esters is 1. The van der Waals surface area contributed by atoms with Crippen LogP contribution in [0.3, 0.4) is 0 Å². The van der Waals surface area contributed by atoms with Gasteiger partial charge in [-0.1, -0.05) is 4.68 Å². The Bertz CT molecular complexity index is 502. The van der Waals surface area contributed by atoms with Crippen molar-refractivity contribution in [3.8, 4) is 10.6 Å². The van der Waals surface area contributed by atoms with Gasteiger partial charge in [0.15, 0.2) is 12.7 Å². The van der Waals surface area contributed by atoms with E-state index in [1.807, 2.05) is 17.6 Å². The zero-order valence-electron chi connectivity index (χ0n) is 10.5. The molecule has 19 heavy (non-hydrogen) atoms. The molecule has 0 fully saturated rings. The van der Waals surface area contributed by atoms with Crippen molar-refractivity contribution in [2.24, 2.45) is 0 Å². The normalized spacial score (nSPS) is 9.74. The van der Waals surface area contributed by atoms with Gasteiger partial charge in [-0.05, 0) is 5.10 Å². The second kappa shape index (κ2) is 7.96. The number of rotatable bonds is 5. The van der Waals surface area contributed by atoms with Crippen LogP contribution in [-0.2, 0) is 16.1 Å². The minimum atomic E-state index is -0.185. The monoisotopic (exact) mass is 343 g/mol. The largest absolute Gasteiger partial charge is 1.00 e. The quantitative estimate of drug-likeness (QED) is 0.487. The van der Waals surface area contributed by atoms with Crippen LogP contribution in [0, 0.1) is 0 Å². The summed E-state index contributed by atoms with van der Waals surface area (Å²) >= 11 is 1.59. The zero-order valence-corrected chi connectivity index (χ0v) is 12.9. The smallest absolute Gasteiger partial charge is 0.305 e. The second-order valence-electron chi connectivity index (χ2n) is 3.70. The molecule has 2 heterocycles. The number of aromatic nitrogens is 3. The summed E-state index contributed by atoms with van der Waals surface area (Å²) in [6, 6.07) is 1.98. The molecule has 0 aliphatic rings. The minimum absolute atomic E-state index is 0. The van der Waals surface area contributed by atoms with E-state index in [-0.39, 0.29) is 23.0 Å². The first-order valence-corrected chi connectivity index (χ1v) is 6.50. The molecule has 0 spiro atoms. The van der Waals surface area contributed by atoms with Crippen LogP contribution < -0.4 is 21.7 Å². The van der Waals surface area contributed by atoms with Gasteiger partial charge in [0.2, 0.25) is 0 Å². The summed E-state index contributed by atoms with van der Waals surface area (Å²) < 4.78 is 6.39. The van der Waals surface area contributed by atoms with E-state index in [1.165, 1.54) is 7.11 Å². The molecule has 0 saturated carbocycles. The number of hydrogen-bond donors (Lipinski definition) is 0. The molecule has 0 aliphatic heterocycles. The standard InChI is InChI=1S/C12H14N3O2S.BrH/c1-17-11(16)3-2-6-15-7-4-10(9-14-15)12-13-5-8-18-12;/h4-5,7-9H,2-3,6H2,1H3;1H/q+1;/p-1. The molecule has 0 radical (unpaired) electrons. The number of ether oxygens (including phenoxy) is 1. The lowest BCUT2D eigenvalue weighted by atomic mass is 10.3. The van der Waals surface area contributed by atoms with Gasteiger partial charge < -0.3 is 21.7 Å². The number of halogens is 1. The maximum Gasteiger partial charge on any atom is 0.305 e. The molecule has 7 heteroatoms. The Labute approximate surface area is 126 Å². The van der Waals surface area contributed by atoms with Gasteiger partial charge in [-0.3, -0.25) is 4.79 Å². The number of aryl methyl sites for hydroxylation is 1. The number of carbonyl (C=O) groups is 1. The summed E-state index contributed by atoms with van der Waals surface area (Å²) in [5, 5.41) is 7.19. The van der Waals surface area contributed by atoms with Crippen molar-refractivity contribution in [3.05, 3.63) is 30.0 Å². The summed E-state index contributed by atoms with van der Waals surface area (Å²) in [4.78, 5) is 15.2. The van der Waals surface area contributed by atoms with Crippen molar-refractivity contribution in [2.75, 3.05) is 7.11 Å². The Morgan fingerprint density at radius 2 is 2.37 bits per heavy atom. The van der Waals surface area contributed by atoms with E-state index in [9.17, 15) is 4.79 Å². The van der Waals surface area contributed by atoms with E-state index in [0.717, 1.165) is 17.0 Å². The predicted molar refractivity (Wildman–Crippen MR) is 66.8 cm³/mol. The SMILES string of the molecule is COC(=O)CCC[n+]1ccc(-c2nccs2)cn1.[Br-]. The molecule has 2 rings (SSSR count). The molecule has 2 aromatic rings. The number of hydrogen-bond acceptors (Lipinski definition) is 5. The van der Waals surface area contributed by atoms with Crippen LogP contribution in [0.25, 0.3) is 10.6 Å². The van der Waals surface area contributed by atoms with E-state index >= 15 is 0 Å². The van der Waals surface area contributed by atoms with Crippen LogP contribution in [0.5, 0.6) is 0 Å². The third kappa shape index (κ3) is 4.68. The van der Waals surface area contributed by atoms with Gasteiger partial charge in [0, 0.05) is 29.6 Å². The van der Waals surface area contributed by atoms with Crippen LogP contribution >= 0.6 is 11.3 Å². The molecular formula is C12H14BrN3O2S. The molecule has 0 aromatic carbocycles.